The van der Waals surface area contributed by atoms with Gasteiger partial charge in [0.15, 0.2) is 11.6 Å². The van der Waals surface area contributed by atoms with Gasteiger partial charge in [0, 0.05) is 20.9 Å². The first-order valence-electron chi connectivity index (χ1n) is 12.3. The Morgan fingerprint density at radius 3 is 2.25 bits per heavy atom. The molecule has 2 unspecified atom stereocenters. The fourth-order valence-corrected chi connectivity index (χ4v) is 7.05. The maximum atomic E-state index is 15.1. The zero-order valence-electron chi connectivity index (χ0n) is 18.9. The molecule has 2 atom stereocenters. The van der Waals surface area contributed by atoms with Crippen LogP contribution in [0.3, 0.4) is 0 Å². The maximum absolute atomic E-state index is 15.1. The van der Waals surface area contributed by atoms with E-state index in [1.807, 2.05) is 18.2 Å². The molecule has 168 valence electrons. The van der Waals surface area contributed by atoms with Crippen LogP contribution >= 0.6 is 11.3 Å². The predicted molar refractivity (Wildman–Crippen MR) is 131 cm³/mol. The van der Waals surface area contributed by atoms with Crippen LogP contribution in [0.4, 0.5) is 8.78 Å². The fourth-order valence-electron chi connectivity index (χ4n) is 5.88. The minimum atomic E-state index is -0.741. The lowest BCUT2D eigenvalue weighted by atomic mass is 9.94. The van der Waals surface area contributed by atoms with E-state index in [-0.39, 0.29) is 0 Å². The summed E-state index contributed by atoms with van der Waals surface area (Å²) in [6.45, 7) is 2.25. The van der Waals surface area contributed by atoms with Gasteiger partial charge in [0.25, 0.3) is 0 Å². The van der Waals surface area contributed by atoms with E-state index in [9.17, 15) is 0 Å². The highest BCUT2D eigenvalue weighted by Gasteiger charge is 2.27. The molecule has 2 aliphatic rings. The van der Waals surface area contributed by atoms with E-state index in [0.29, 0.717) is 23.0 Å². The van der Waals surface area contributed by atoms with Gasteiger partial charge < -0.3 is 0 Å². The third kappa shape index (κ3) is 4.29. The first-order valence-corrected chi connectivity index (χ1v) is 13.1. The second kappa shape index (κ2) is 9.47. The van der Waals surface area contributed by atoms with Crippen molar-refractivity contribution in [1.82, 2.24) is 0 Å². The van der Waals surface area contributed by atoms with Crippen molar-refractivity contribution in [3.63, 3.8) is 0 Å². The zero-order chi connectivity index (χ0) is 22.1. The quantitative estimate of drug-likeness (QED) is 0.350. The van der Waals surface area contributed by atoms with Gasteiger partial charge in [0.2, 0.25) is 0 Å². The van der Waals surface area contributed by atoms with Crippen LogP contribution in [-0.4, -0.2) is 0 Å². The molecule has 0 N–H and O–H groups in total. The predicted octanol–water partition coefficient (Wildman–Crippen LogP) is 9.70. The van der Waals surface area contributed by atoms with Crippen molar-refractivity contribution >= 4 is 11.3 Å². The molecule has 0 aliphatic heterocycles. The molecule has 0 bridgehead atoms. The van der Waals surface area contributed by atoms with Crippen LogP contribution in [0.2, 0.25) is 0 Å². The number of halogens is 2. The summed E-state index contributed by atoms with van der Waals surface area (Å²) in [5.41, 5.74) is 2.80. The van der Waals surface area contributed by atoms with E-state index >= 15 is 8.78 Å². The molecular weight excluding hydrogens is 418 g/mol. The summed E-state index contributed by atoms with van der Waals surface area (Å²) in [6.07, 6.45) is 11.3. The van der Waals surface area contributed by atoms with Crippen molar-refractivity contribution in [2.24, 2.45) is 5.92 Å². The molecule has 3 aromatic rings. The molecule has 2 aromatic carbocycles. The molecule has 1 heterocycles. The molecule has 2 fully saturated rings. The van der Waals surface area contributed by atoms with Crippen LogP contribution in [0, 0.1) is 17.6 Å². The minimum Gasteiger partial charge on any atom is -0.203 e. The van der Waals surface area contributed by atoms with E-state index in [2.05, 4.69) is 25.1 Å². The van der Waals surface area contributed by atoms with Gasteiger partial charge in [0.1, 0.15) is 0 Å². The summed E-state index contributed by atoms with van der Waals surface area (Å²) < 4.78 is 30.2. The molecule has 5 rings (SSSR count). The monoisotopic (exact) mass is 450 g/mol. The maximum Gasteiger partial charge on any atom is 0.168 e. The van der Waals surface area contributed by atoms with Gasteiger partial charge in [-0.2, -0.15) is 0 Å². The first-order chi connectivity index (χ1) is 15.6. The highest BCUT2D eigenvalue weighted by atomic mass is 32.1. The lowest BCUT2D eigenvalue weighted by Crippen LogP contribution is -1.95. The molecule has 3 heteroatoms. The Morgan fingerprint density at radius 2 is 1.50 bits per heavy atom. The van der Waals surface area contributed by atoms with Crippen LogP contribution in [0.1, 0.15) is 87.0 Å². The van der Waals surface area contributed by atoms with E-state index in [0.717, 1.165) is 16.4 Å². The van der Waals surface area contributed by atoms with Crippen LogP contribution < -0.4 is 0 Å². The van der Waals surface area contributed by atoms with Gasteiger partial charge in [-0.15, -0.1) is 11.3 Å². The number of hydrogen-bond donors (Lipinski definition) is 0. The molecule has 0 nitrogen and oxygen atoms in total. The molecule has 2 aliphatic carbocycles. The smallest absolute Gasteiger partial charge is 0.168 e. The molecule has 0 radical (unpaired) electrons. The summed E-state index contributed by atoms with van der Waals surface area (Å²) in [7, 11) is 0. The number of thiophene rings is 1. The number of hydrogen-bond acceptors (Lipinski definition) is 1. The summed E-state index contributed by atoms with van der Waals surface area (Å²) in [4.78, 5) is 2.16. The SMILES string of the molecule is CCCC1CCC(c2ccc(-c3ccc(-c4ccc(C5CCCC5)cc4)c(F)c3F)s2)C1. The average Bonchev–Trinajstić information content (AvgIpc) is 3.58. The molecule has 0 amide bonds. The molecule has 0 saturated heterocycles. The van der Waals surface area contributed by atoms with Gasteiger partial charge in [-0.1, -0.05) is 62.9 Å². The third-order valence-electron chi connectivity index (χ3n) is 7.66. The van der Waals surface area contributed by atoms with Crippen LogP contribution in [0.15, 0.2) is 48.5 Å². The molecular formula is C29H32F2S. The second-order valence-corrected chi connectivity index (χ2v) is 10.9. The van der Waals surface area contributed by atoms with Crippen molar-refractivity contribution < 1.29 is 8.78 Å². The van der Waals surface area contributed by atoms with Crippen molar-refractivity contribution in [1.29, 1.82) is 0 Å². The number of rotatable bonds is 6. The Balaban J connectivity index is 1.36. The third-order valence-corrected chi connectivity index (χ3v) is 8.94. The highest BCUT2D eigenvalue weighted by molar-refractivity contribution is 7.15. The van der Waals surface area contributed by atoms with Gasteiger partial charge in [0.05, 0.1) is 0 Å². The second-order valence-electron chi connectivity index (χ2n) is 9.76. The standard InChI is InChI=1S/C29H32F2S/c1-2-5-19-8-9-23(18-19)26-16-17-27(32-26)25-15-14-24(28(30)29(25)31)22-12-10-21(11-13-22)20-6-3-4-7-20/h10-17,19-20,23H,2-9,18H2,1H3. The first kappa shape index (κ1) is 21.8. The summed E-state index contributed by atoms with van der Waals surface area (Å²) in [5, 5.41) is 0. The molecule has 1 aromatic heterocycles. The topological polar surface area (TPSA) is 0 Å². The van der Waals surface area contributed by atoms with E-state index in [4.69, 9.17) is 0 Å². The van der Waals surface area contributed by atoms with Crippen molar-refractivity contribution in [2.75, 3.05) is 0 Å². The Labute approximate surface area is 194 Å². The lowest BCUT2D eigenvalue weighted by Gasteiger charge is -2.12. The van der Waals surface area contributed by atoms with Crippen molar-refractivity contribution in [2.45, 2.75) is 76.5 Å². The normalized spacial score (nSPS) is 21.5. The Kier molecular flexibility index (Phi) is 6.46. The van der Waals surface area contributed by atoms with Crippen LogP contribution in [0.25, 0.3) is 21.6 Å². The lowest BCUT2D eigenvalue weighted by molar-refractivity contribution is 0.490. The van der Waals surface area contributed by atoms with E-state index in [1.165, 1.54) is 68.2 Å². The number of benzene rings is 2. The van der Waals surface area contributed by atoms with Gasteiger partial charge in [-0.3, -0.25) is 0 Å². The zero-order valence-corrected chi connectivity index (χ0v) is 19.7. The highest BCUT2D eigenvalue weighted by Crippen LogP contribution is 2.45. The Bertz CT molecular complexity index is 1060. The molecule has 0 spiro atoms. The average molecular weight is 451 g/mol. The van der Waals surface area contributed by atoms with E-state index < -0.39 is 11.6 Å². The van der Waals surface area contributed by atoms with E-state index in [1.54, 1.807) is 23.5 Å². The summed E-state index contributed by atoms with van der Waals surface area (Å²) in [6, 6.07) is 15.7. The minimum absolute atomic E-state index is 0.346. The molecule has 32 heavy (non-hydrogen) atoms. The van der Waals surface area contributed by atoms with Gasteiger partial charge >= 0.3 is 0 Å². The van der Waals surface area contributed by atoms with Crippen molar-refractivity contribution in [3.05, 3.63) is 70.6 Å². The molecule has 2 saturated carbocycles. The summed E-state index contributed by atoms with van der Waals surface area (Å²) >= 11 is 1.64. The Hall–Kier alpha value is -2.00. The van der Waals surface area contributed by atoms with Crippen molar-refractivity contribution in [3.8, 4) is 21.6 Å². The van der Waals surface area contributed by atoms with Gasteiger partial charge in [-0.05, 0) is 79.2 Å². The fraction of sp³-hybridized carbons (Fsp3) is 0.448. The van der Waals surface area contributed by atoms with Crippen LogP contribution in [-0.2, 0) is 0 Å². The van der Waals surface area contributed by atoms with Crippen LogP contribution in [0.5, 0.6) is 0 Å². The Morgan fingerprint density at radius 1 is 0.781 bits per heavy atom. The summed E-state index contributed by atoms with van der Waals surface area (Å²) in [5.74, 6) is 0.555. The van der Waals surface area contributed by atoms with Gasteiger partial charge in [-0.25, -0.2) is 8.78 Å². The largest absolute Gasteiger partial charge is 0.203 e.